The van der Waals surface area contributed by atoms with Gasteiger partial charge in [0.1, 0.15) is 5.41 Å². The SMILES string of the molecule is CCOC(=O)C1(Cc2ccncc2Br)Cc2cc(C)c(C)cc2C1=O. The lowest BCUT2D eigenvalue weighted by molar-refractivity contribution is -0.152. The van der Waals surface area contributed by atoms with Gasteiger partial charge in [-0.2, -0.15) is 0 Å². The van der Waals surface area contributed by atoms with E-state index in [0.29, 0.717) is 18.4 Å². The molecule has 4 nitrogen and oxygen atoms in total. The average Bonchev–Trinajstić information content (AvgIpc) is 2.84. The van der Waals surface area contributed by atoms with Crippen molar-refractivity contribution in [3.8, 4) is 0 Å². The molecule has 0 radical (unpaired) electrons. The van der Waals surface area contributed by atoms with Gasteiger partial charge in [-0.3, -0.25) is 14.6 Å². The summed E-state index contributed by atoms with van der Waals surface area (Å²) in [6.45, 7) is 6.01. The van der Waals surface area contributed by atoms with Gasteiger partial charge < -0.3 is 4.74 Å². The molecular formula is C20H20BrNO3. The Hall–Kier alpha value is -2.01. The van der Waals surface area contributed by atoms with E-state index in [-0.39, 0.29) is 12.4 Å². The Morgan fingerprint density at radius 3 is 2.72 bits per heavy atom. The van der Waals surface area contributed by atoms with Gasteiger partial charge in [-0.25, -0.2) is 0 Å². The standard InChI is InChI=1S/C20H20BrNO3/c1-4-25-19(24)20(9-14-5-6-22-11-17(14)21)10-15-7-12(2)13(3)8-16(15)18(20)23/h5-8,11H,4,9-10H2,1-3H3. The number of fused-ring (bicyclic) bond motifs is 1. The summed E-state index contributed by atoms with van der Waals surface area (Å²) in [5.74, 6) is -0.594. The van der Waals surface area contributed by atoms with Crippen molar-refractivity contribution >= 4 is 27.7 Å². The molecule has 1 aromatic heterocycles. The first-order chi connectivity index (χ1) is 11.9. The number of benzene rings is 1. The number of aryl methyl sites for hydroxylation is 2. The normalized spacial score (nSPS) is 19.0. The summed E-state index contributed by atoms with van der Waals surface area (Å²) in [6, 6.07) is 5.75. The number of ketones is 1. The Labute approximate surface area is 155 Å². The molecule has 1 heterocycles. The summed E-state index contributed by atoms with van der Waals surface area (Å²) in [5, 5.41) is 0. The van der Waals surface area contributed by atoms with Gasteiger partial charge in [0.2, 0.25) is 0 Å². The molecule has 1 atom stereocenters. The fourth-order valence-electron chi connectivity index (χ4n) is 3.42. The van der Waals surface area contributed by atoms with Crippen LogP contribution >= 0.6 is 15.9 Å². The van der Waals surface area contributed by atoms with Gasteiger partial charge in [0.25, 0.3) is 0 Å². The van der Waals surface area contributed by atoms with Gasteiger partial charge in [-0.15, -0.1) is 0 Å². The number of hydrogen-bond donors (Lipinski definition) is 0. The van der Waals surface area contributed by atoms with E-state index in [1.807, 2.05) is 32.0 Å². The molecule has 1 unspecified atom stereocenters. The first kappa shape index (κ1) is 17.8. The highest BCUT2D eigenvalue weighted by Gasteiger charge is 2.52. The maximum atomic E-state index is 13.3. The van der Waals surface area contributed by atoms with E-state index in [4.69, 9.17) is 4.74 Å². The second kappa shape index (κ2) is 6.71. The molecule has 3 rings (SSSR count). The predicted molar refractivity (Wildman–Crippen MR) is 98.7 cm³/mol. The predicted octanol–water partition coefficient (Wildman–Crippen LogP) is 3.99. The lowest BCUT2D eigenvalue weighted by Gasteiger charge is -2.25. The number of nitrogens with zero attached hydrogens (tertiary/aromatic N) is 1. The summed E-state index contributed by atoms with van der Waals surface area (Å²) in [4.78, 5) is 30.2. The summed E-state index contributed by atoms with van der Waals surface area (Å²) < 4.78 is 6.10. The van der Waals surface area contributed by atoms with Crippen LogP contribution in [0, 0.1) is 19.3 Å². The van der Waals surface area contributed by atoms with Crippen molar-refractivity contribution in [3.63, 3.8) is 0 Å². The van der Waals surface area contributed by atoms with Crippen molar-refractivity contribution in [2.45, 2.75) is 33.6 Å². The van der Waals surface area contributed by atoms with Crippen molar-refractivity contribution in [1.29, 1.82) is 0 Å². The van der Waals surface area contributed by atoms with Gasteiger partial charge in [0, 0.05) is 22.4 Å². The molecule has 1 aromatic carbocycles. The topological polar surface area (TPSA) is 56.3 Å². The molecule has 25 heavy (non-hydrogen) atoms. The second-order valence-electron chi connectivity index (χ2n) is 6.55. The van der Waals surface area contributed by atoms with Crippen LogP contribution in [0.25, 0.3) is 0 Å². The number of hydrogen-bond acceptors (Lipinski definition) is 4. The molecule has 5 heteroatoms. The molecule has 0 amide bonds. The van der Waals surface area contributed by atoms with Crippen LogP contribution in [-0.2, 0) is 22.4 Å². The van der Waals surface area contributed by atoms with Crippen molar-refractivity contribution in [2.75, 3.05) is 6.61 Å². The molecule has 0 fully saturated rings. The summed E-state index contributed by atoms with van der Waals surface area (Å²) in [5.41, 5.74) is 3.40. The van der Waals surface area contributed by atoms with Crippen LogP contribution in [0.15, 0.2) is 35.1 Å². The maximum Gasteiger partial charge on any atom is 0.320 e. The lowest BCUT2D eigenvalue weighted by Crippen LogP contribution is -2.41. The third kappa shape index (κ3) is 3.01. The van der Waals surface area contributed by atoms with E-state index in [0.717, 1.165) is 26.7 Å². The van der Waals surface area contributed by atoms with Crippen LogP contribution in [0.2, 0.25) is 0 Å². The number of rotatable bonds is 4. The molecule has 130 valence electrons. The number of carbonyl (C=O) groups is 2. The fraction of sp³-hybridized carbons (Fsp3) is 0.350. The van der Waals surface area contributed by atoms with E-state index in [2.05, 4.69) is 20.9 Å². The summed E-state index contributed by atoms with van der Waals surface area (Å²) in [6.07, 6.45) is 4.01. The minimum absolute atomic E-state index is 0.146. The first-order valence-corrected chi connectivity index (χ1v) is 9.09. The van der Waals surface area contributed by atoms with Gasteiger partial charge in [0.15, 0.2) is 5.78 Å². The van der Waals surface area contributed by atoms with E-state index < -0.39 is 11.4 Å². The van der Waals surface area contributed by atoms with Gasteiger partial charge in [-0.1, -0.05) is 6.07 Å². The van der Waals surface area contributed by atoms with Crippen LogP contribution in [0.3, 0.4) is 0 Å². The highest BCUT2D eigenvalue weighted by Crippen LogP contribution is 2.42. The maximum absolute atomic E-state index is 13.3. The second-order valence-corrected chi connectivity index (χ2v) is 7.40. The molecule has 0 bridgehead atoms. The number of pyridine rings is 1. The number of carbonyl (C=O) groups excluding carboxylic acids is 2. The highest BCUT2D eigenvalue weighted by molar-refractivity contribution is 9.10. The summed E-state index contributed by atoms with van der Waals surface area (Å²) >= 11 is 3.47. The number of aromatic nitrogens is 1. The average molecular weight is 402 g/mol. The smallest absolute Gasteiger partial charge is 0.320 e. The third-order valence-corrected chi connectivity index (χ3v) is 5.62. The van der Waals surface area contributed by atoms with Crippen LogP contribution in [0.1, 0.15) is 39.5 Å². The van der Waals surface area contributed by atoms with Crippen LogP contribution in [-0.4, -0.2) is 23.3 Å². The monoisotopic (exact) mass is 401 g/mol. The van der Waals surface area contributed by atoms with Crippen LogP contribution in [0.5, 0.6) is 0 Å². The molecule has 0 aliphatic heterocycles. The molecule has 0 saturated heterocycles. The Morgan fingerprint density at radius 2 is 2.04 bits per heavy atom. The van der Waals surface area contributed by atoms with Gasteiger partial charge >= 0.3 is 5.97 Å². The Morgan fingerprint density at radius 1 is 1.32 bits per heavy atom. The van der Waals surface area contributed by atoms with E-state index in [1.54, 1.807) is 19.3 Å². The zero-order valence-electron chi connectivity index (χ0n) is 14.6. The largest absolute Gasteiger partial charge is 0.465 e. The first-order valence-electron chi connectivity index (χ1n) is 8.29. The van der Waals surface area contributed by atoms with Crippen molar-refractivity contribution < 1.29 is 14.3 Å². The molecule has 1 aliphatic carbocycles. The molecule has 0 saturated carbocycles. The minimum atomic E-state index is -1.21. The number of halogens is 1. The third-order valence-electron chi connectivity index (χ3n) is 4.91. The van der Waals surface area contributed by atoms with Gasteiger partial charge in [-0.05, 0) is 83.9 Å². The molecule has 2 aromatic rings. The Bertz CT molecular complexity index is 862. The molecule has 1 aliphatic rings. The molecular weight excluding hydrogens is 382 g/mol. The minimum Gasteiger partial charge on any atom is -0.465 e. The number of ether oxygens (including phenoxy) is 1. The van der Waals surface area contributed by atoms with E-state index in [1.165, 1.54) is 0 Å². The molecule has 0 N–H and O–H groups in total. The highest BCUT2D eigenvalue weighted by atomic mass is 79.9. The zero-order chi connectivity index (χ0) is 18.2. The zero-order valence-corrected chi connectivity index (χ0v) is 16.1. The summed E-state index contributed by atoms with van der Waals surface area (Å²) in [7, 11) is 0. The Kier molecular flexibility index (Phi) is 4.78. The van der Waals surface area contributed by atoms with Crippen molar-refractivity contribution in [1.82, 2.24) is 4.98 Å². The number of esters is 1. The van der Waals surface area contributed by atoms with E-state index in [9.17, 15) is 9.59 Å². The lowest BCUT2D eigenvalue weighted by atomic mass is 9.78. The Balaban J connectivity index is 2.10. The van der Waals surface area contributed by atoms with Crippen molar-refractivity contribution in [2.24, 2.45) is 5.41 Å². The fourth-order valence-corrected chi connectivity index (χ4v) is 3.81. The number of Topliss-reactive ketones (excluding diaryl/α,β-unsaturated/α-hetero) is 1. The molecule has 0 spiro atoms. The van der Waals surface area contributed by atoms with E-state index >= 15 is 0 Å². The quantitative estimate of drug-likeness (QED) is 0.573. The van der Waals surface area contributed by atoms with Crippen molar-refractivity contribution in [3.05, 3.63) is 62.9 Å². The van der Waals surface area contributed by atoms with Crippen LogP contribution in [0.4, 0.5) is 0 Å². The van der Waals surface area contributed by atoms with Gasteiger partial charge in [0.05, 0.1) is 6.61 Å². The van der Waals surface area contributed by atoms with Crippen LogP contribution < -0.4 is 0 Å².